The summed E-state index contributed by atoms with van der Waals surface area (Å²) in [7, 11) is 0. The van der Waals surface area contributed by atoms with Gasteiger partial charge in [0.05, 0.1) is 6.61 Å². The first-order chi connectivity index (χ1) is 14.8. The summed E-state index contributed by atoms with van der Waals surface area (Å²) in [6.45, 7) is 13.7. The predicted molar refractivity (Wildman–Crippen MR) is 134 cm³/mol. The largest absolute Gasteiger partial charge is 0.360 e. The van der Waals surface area contributed by atoms with Crippen molar-refractivity contribution in [1.29, 1.82) is 0 Å². The van der Waals surface area contributed by atoms with Gasteiger partial charge in [-0.25, -0.2) is 0 Å². The van der Waals surface area contributed by atoms with Crippen molar-refractivity contribution in [2.45, 2.75) is 110 Å². The van der Waals surface area contributed by atoms with Crippen molar-refractivity contribution in [2.24, 2.45) is 46.3 Å². The van der Waals surface area contributed by atoms with E-state index in [1.165, 1.54) is 76.4 Å². The fourth-order valence-electron chi connectivity index (χ4n) is 9.40. The summed E-state index contributed by atoms with van der Waals surface area (Å²) in [5.41, 5.74) is 2.87. The molecular formula is C29H48OS. The molecule has 1 spiro atoms. The van der Waals surface area contributed by atoms with Gasteiger partial charge in [0.1, 0.15) is 4.93 Å². The van der Waals surface area contributed by atoms with Gasteiger partial charge in [0.15, 0.2) is 0 Å². The van der Waals surface area contributed by atoms with Crippen LogP contribution >= 0.6 is 11.8 Å². The van der Waals surface area contributed by atoms with E-state index >= 15 is 0 Å². The summed E-state index contributed by atoms with van der Waals surface area (Å²) in [5, 5.41) is 0. The average Bonchev–Trinajstić information content (AvgIpc) is 3.32. The summed E-state index contributed by atoms with van der Waals surface area (Å²) in [5.74, 6) is 6.87. The summed E-state index contributed by atoms with van der Waals surface area (Å²) < 4.78 is 6.27. The molecule has 0 aromatic carbocycles. The van der Waals surface area contributed by atoms with Gasteiger partial charge in [0, 0.05) is 5.75 Å². The lowest BCUT2D eigenvalue weighted by Crippen LogP contribution is -2.51. The van der Waals surface area contributed by atoms with Crippen LogP contribution in [-0.4, -0.2) is 17.3 Å². The molecule has 5 rings (SSSR count). The fourth-order valence-corrected chi connectivity index (χ4v) is 10.6. The summed E-state index contributed by atoms with van der Waals surface area (Å²) in [4.78, 5) is 0.0503. The van der Waals surface area contributed by atoms with Gasteiger partial charge in [0.25, 0.3) is 0 Å². The van der Waals surface area contributed by atoms with E-state index in [0.29, 0.717) is 10.8 Å². The molecule has 0 radical (unpaired) electrons. The quantitative estimate of drug-likeness (QED) is 0.393. The zero-order chi connectivity index (χ0) is 21.9. The average molecular weight is 445 g/mol. The first kappa shape index (κ1) is 22.8. The molecule has 0 N–H and O–H groups in total. The van der Waals surface area contributed by atoms with Crippen LogP contribution in [0.1, 0.15) is 105 Å². The molecule has 0 bridgehead atoms. The Hall–Kier alpha value is 0.0500. The second kappa shape index (κ2) is 8.37. The van der Waals surface area contributed by atoms with E-state index in [1.807, 2.05) is 0 Å². The zero-order valence-electron chi connectivity index (χ0n) is 21.1. The highest BCUT2D eigenvalue weighted by Gasteiger charge is 2.60. The Balaban J connectivity index is 1.31. The number of ether oxygens (including phenoxy) is 1. The van der Waals surface area contributed by atoms with Crippen molar-refractivity contribution in [3.05, 3.63) is 11.6 Å². The maximum atomic E-state index is 6.27. The Morgan fingerprint density at radius 2 is 1.84 bits per heavy atom. The fraction of sp³-hybridized carbons (Fsp3) is 0.931. The standard InChI is InChI=1S/C29H48OS/c1-20(2)7-6-8-21(3)24-11-12-25-23-10-9-22-19-29(30-17-18-31-29)16-15-27(22,4)26(23)13-14-28(24,25)5/h19-21,23-26H,6-18H2,1-5H3/t21-,23+,24-,25+,26+,27+,28-,29?/m1/s1. The summed E-state index contributed by atoms with van der Waals surface area (Å²) >= 11 is 2.08. The Bertz CT molecular complexity index is 691. The van der Waals surface area contributed by atoms with Crippen LogP contribution in [0, 0.1) is 46.3 Å². The van der Waals surface area contributed by atoms with Gasteiger partial charge >= 0.3 is 0 Å². The lowest BCUT2D eigenvalue weighted by atomic mass is 9.46. The van der Waals surface area contributed by atoms with Gasteiger partial charge in [-0.05, 0) is 104 Å². The van der Waals surface area contributed by atoms with Crippen LogP contribution in [0.15, 0.2) is 11.6 Å². The van der Waals surface area contributed by atoms with E-state index < -0.39 is 0 Å². The van der Waals surface area contributed by atoms with E-state index in [0.717, 1.165) is 42.1 Å². The summed E-state index contributed by atoms with van der Waals surface area (Å²) in [6.07, 6.45) is 18.4. The molecule has 1 saturated heterocycles. The topological polar surface area (TPSA) is 9.23 Å². The third-order valence-electron chi connectivity index (χ3n) is 11.1. The van der Waals surface area contributed by atoms with Crippen LogP contribution in [0.3, 0.4) is 0 Å². The second-order valence-electron chi connectivity index (χ2n) is 13.0. The van der Waals surface area contributed by atoms with Crippen molar-refractivity contribution >= 4 is 11.8 Å². The Labute approximate surface area is 196 Å². The molecule has 0 amide bonds. The molecule has 0 aromatic rings. The van der Waals surface area contributed by atoms with Crippen LogP contribution < -0.4 is 0 Å². The molecule has 1 nitrogen and oxygen atoms in total. The maximum Gasteiger partial charge on any atom is 0.132 e. The van der Waals surface area contributed by atoms with Crippen LogP contribution in [0.25, 0.3) is 0 Å². The highest BCUT2D eigenvalue weighted by atomic mass is 32.2. The molecule has 4 aliphatic carbocycles. The van der Waals surface area contributed by atoms with Gasteiger partial charge in [-0.2, -0.15) is 0 Å². The molecule has 0 aromatic heterocycles. The van der Waals surface area contributed by atoms with Gasteiger partial charge < -0.3 is 4.74 Å². The monoisotopic (exact) mass is 444 g/mol. The molecule has 4 fully saturated rings. The second-order valence-corrected chi connectivity index (χ2v) is 14.4. The van der Waals surface area contributed by atoms with Crippen molar-refractivity contribution in [1.82, 2.24) is 0 Å². The van der Waals surface area contributed by atoms with Gasteiger partial charge in [0.2, 0.25) is 0 Å². The Morgan fingerprint density at radius 1 is 1.00 bits per heavy atom. The maximum absolute atomic E-state index is 6.27. The van der Waals surface area contributed by atoms with E-state index in [1.54, 1.807) is 5.57 Å². The number of thioether (sulfide) groups is 1. The third kappa shape index (κ3) is 3.78. The zero-order valence-corrected chi connectivity index (χ0v) is 21.9. The number of hydrogen-bond donors (Lipinski definition) is 0. The van der Waals surface area contributed by atoms with Crippen molar-refractivity contribution in [3.8, 4) is 0 Å². The van der Waals surface area contributed by atoms with Crippen LogP contribution in [0.5, 0.6) is 0 Å². The molecule has 1 aliphatic heterocycles. The minimum Gasteiger partial charge on any atom is -0.360 e. The molecule has 1 unspecified atom stereocenters. The molecule has 176 valence electrons. The van der Waals surface area contributed by atoms with Crippen molar-refractivity contribution in [2.75, 3.05) is 12.4 Å². The van der Waals surface area contributed by atoms with Crippen molar-refractivity contribution in [3.63, 3.8) is 0 Å². The lowest BCUT2D eigenvalue weighted by molar-refractivity contribution is -0.0662. The van der Waals surface area contributed by atoms with Gasteiger partial charge in [-0.3, -0.25) is 0 Å². The first-order valence-corrected chi connectivity index (χ1v) is 14.8. The number of fused-ring (bicyclic) bond motifs is 5. The SMILES string of the molecule is CC(C)CCC[C@@H](C)[C@H]1CC[C@H]2[C@@H]3CCC4=CC5(CC[C@]4(C)[C@H]3CC[C@]12C)OCCS5. The molecule has 5 aliphatic rings. The first-order valence-electron chi connectivity index (χ1n) is 13.8. The molecule has 31 heavy (non-hydrogen) atoms. The number of rotatable bonds is 5. The van der Waals surface area contributed by atoms with E-state index in [9.17, 15) is 0 Å². The Morgan fingerprint density at radius 3 is 2.58 bits per heavy atom. The van der Waals surface area contributed by atoms with Gasteiger partial charge in [-0.1, -0.05) is 59.5 Å². The predicted octanol–water partition coefficient (Wildman–Crippen LogP) is 8.49. The Kier molecular flexibility index (Phi) is 6.16. The van der Waals surface area contributed by atoms with E-state index in [-0.39, 0.29) is 4.93 Å². The van der Waals surface area contributed by atoms with Crippen molar-refractivity contribution < 1.29 is 4.74 Å². The highest BCUT2D eigenvalue weighted by Crippen LogP contribution is 2.68. The van der Waals surface area contributed by atoms with E-state index in [2.05, 4.69) is 52.5 Å². The van der Waals surface area contributed by atoms with E-state index in [4.69, 9.17) is 4.74 Å². The normalized spacial score (nSPS) is 47.7. The molecule has 1 heterocycles. The van der Waals surface area contributed by atoms with Crippen LogP contribution in [-0.2, 0) is 4.74 Å². The molecular weight excluding hydrogens is 396 g/mol. The molecule has 2 heteroatoms. The van der Waals surface area contributed by atoms with Gasteiger partial charge in [-0.15, -0.1) is 11.8 Å². The number of allylic oxidation sites excluding steroid dienone is 1. The molecule has 8 atom stereocenters. The third-order valence-corrected chi connectivity index (χ3v) is 12.4. The van der Waals surface area contributed by atoms with Crippen LogP contribution in [0.2, 0.25) is 0 Å². The lowest BCUT2D eigenvalue weighted by Gasteiger charge is -2.59. The smallest absolute Gasteiger partial charge is 0.132 e. The highest BCUT2D eigenvalue weighted by molar-refractivity contribution is 8.00. The van der Waals surface area contributed by atoms with Crippen LogP contribution in [0.4, 0.5) is 0 Å². The minimum absolute atomic E-state index is 0.0503. The number of hydrogen-bond acceptors (Lipinski definition) is 2. The minimum atomic E-state index is 0.0503. The molecule has 3 saturated carbocycles. The summed E-state index contributed by atoms with van der Waals surface area (Å²) in [6, 6.07) is 0.